The van der Waals surface area contributed by atoms with Gasteiger partial charge in [-0.2, -0.15) is 13.2 Å². The van der Waals surface area contributed by atoms with Crippen molar-refractivity contribution in [2.24, 2.45) is 5.84 Å². The van der Waals surface area contributed by atoms with Crippen LogP contribution in [0.1, 0.15) is 36.2 Å². The third-order valence-corrected chi connectivity index (χ3v) is 2.91. The highest BCUT2D eigenvalue weighted by Crippen LogP contribution is 2.36. The quantitative estimate of drug-likeness (QED) is 0.647. The zero-order valence-corrected chi connectivity index (χ0v) is 11.4. The molecule has 0 saturated carbocycles. The van der Waals surface area contributed by atoms with Crippen LogP contribution in [0.3, 0.4) is 0 Å². The first kappa shape index (κ1) is 16.3. The molecule has 0 fully saturated rings. The maximum atomic E-state index is 12.9. The maximum absolute atomic E-state index is 12.9. The van der Waals surface area contributed by atoms with Gasteiger partial charge in [-0.05, 0) is 25.5 Å². The molecule has 7 heteroatoms. The number of hydrogen-bond donors (Lipinski definition) is 2. The molecule has 1 aromatic rings. The summed E-state index contributed by atoms with van der Waals surface area (Å²) in [5, 5.41) is 0. The molecule has 0 unspecified atom stereocenters. The summed E-state index contributed by atoms with van der Waals surface area (Å²) in [5.74, 6) is 4.72. The highest BCUT2D eigenvalue weighted by molar-refractivity contribution is 6.00. The highest BCUT2D eigenvalue weighted by Gasteiger charge is 2.35. The smallest absolute Gasteiger partial charge is 0.339 e. The number of carbonyl (C=O) groups is 1. The number of para-hydroxylation sites is 1. The normalized spacial score (nSPS) is 11.3. The topological polar surface area (TPSA) is 58.4 Å². The number of nitrogens with one attached hydrogen (secondary N) is 1. The van der Waals surface area contributed by atoms with E-state index in [1.165, 1.54) is 17.0 Å². The van der Waals surface area contributed by atoms with Crippen LogP contribution in [0.2, 0.25) is 0 Å². The fraction of sp³-hybridized carbons (Fsp3) is 0.462. The van der Waals surface area contributed by atoms with Gasteiger partial charge in [-0.1, -0.05) is 13.0 Å². The highest BCUT2D eigenvalue weighted by atomic mass is 19.4. The van der Waals surface area contributed by atoms with Gasteiger partial charge in [0.2, 0.25) is 0 Å². The summed E-state index contributed by atoms with van der Waals surface area (Å²) in [4.78, 5) is 13.8. The van der Waals surface area contributed by atoms with E-state index >= 15 is 0 Å². The predicted molar refractivity (Wildman–Crippen MR) is 71.1 cm³/mol. The summed E-state index contributed by atoms with van der Waals surface area (Å²) in [5.41, 5.74) is 0.598. The van der Waals surface area contributed by atoms with E-state index < -0.39 is 17.6 Å². The lowest BCUT2D eigenvalue weighted by Crippen LogP contribution is -2.33. The fourth-order valence-electron chi connectivity index (χ4n) is 1.97. The lowest BCUT2D eigenvalue weighted by Gasteiger charge is -2.23. The molecular formula is C13H18F3N3O. The Morgan fingerprint density at radius 1 is 1.35 bits per heavy atom. The second-order valence-electron chi connectivity index (χ2n) is 4.26. The lowest BCUT2D eigenvalue weighted by atomic mass is 10.1. The van der Waals surface area contributed by atoms with Gasteiger partial charge in [0.1, 0.15) is 0 Å². The third kappa shape index (κ3) is 3.41. The van der Waals surface area contributed by atoms with Crippen LogP contribution >= 0.6 is 0 Å². The van der Waals surface area contributed by atoms with Crippen molar-refractivity contribution >= 4 is 11.6 Å². The van der Waals surface area contributed by atoms with E-state index in [9.17, 15) is 18.0 Å². The van der Waals surface area contributed by atoms with Crippen molar-refractivity contribution in [1.29, 1.82) is 0 Å². The predicted octanol–water partition coefficient (Wildman–Crippen LogP) is 2.86. The first-order valence-electron chi connectivity index (χ1n) is 6.32. The molecule has 3 N–H and O–H groups in total. The van der Waals surface area contributed by atoms with Gasteiger partial charge in [-0.3, -0.25) is 10.6 Å². The molecule has 4 nitrogen and oxygen atoms in total. The van der Waals surface area contributed by atoms with Crippen molar-refractivity contribution in [1.82, 2.24) is 4.90 Å². The Morgan fingerprint density at radius 3 is 2.45 bits per heavy atom. The molecule has 0 heterocycles. The minimum Gasteiger partial charge on any atom is -0.339 e. The summed E-state index contributed by atoms with van der Waals surface area (Å²) < 4.78 is 38.7. The largest absolute Gasteiger partial charge is 0.418 e. The summed E-state index contributed by atoms with van der Waals surface area (Å²) in [6.07, 6.45) is -3.84. The zero-order valence-electron chi connectivity index (χ0n) is 11.4. The van der Waals surface area contributed by atoms with E-state index in [0.29, 0.717) is 13.1 Å². The lowest BCUT2D eigenvalue weighted by molar-refractivity contribution is -0.137. The van der Waals surface area contributed by atoms with Gasteiger partial charge in [0.15, 0.2) is 0 Å². The van der Waals surface area contributed by atoms with Crippen molar-refractivity contribution in [3.05, 3.63) is 29.3 Å². The van der Waals surface area contributed by atoms with Crippen molar-refractivity contribution in [2.45, 2.75) is 26.4 Å². The number of nitrogens with zero attached hydrogens (tertiary/aromatic N) is 1. The fourth-order valence-corrected chi connectivity index (χ4v) is 1.97. The van der Waals surface area contributed by atoms with Crippen LogP contribution in [0.15, 0.2) is 18.2 Å². The number of carbonyl (C=O) groups excluding carboxylic acids is 1. The number of halogens is 3. The van der Waals surface area contributed by atoms with Crippen molar-refractivity contribution in [2.75, 3.05) is 18.5 Å². The van der Waals surface area contributed by atoms with Gasteiger partial charge >= 0.3 is 6.18 Å². The minimum absolute atomic E-state index is 0.0716. The molecule has 0 radical (unpaired) electrons. The molecule has 112 valence electrons. The Morgan fingerprint density at radius 2 is 2.00 bits per heavy atom. The molecule has 0 atom stereocenters. The summed E-state index contributed by atoms with van der Waals surface area (Å²) in [6.45, 7) is 4.57. The van der Waals surface area contributed by atoms with Gasteiger partial charge in [0, 0.05) is 13.1 Å². The number of anilines is 1. The SMILES string of the molecule is CCCN(CC)C(=O)c1cccc(C(F)(F)F)c1NN. The molecule has 0 aliphatic carbocycles. The monoisotopic (exact) mass is 289 g/mol. The molecule has 1 amide bonds. The average molecular weight is 289 g/mol. The van der Waals surface area contributed by atoms with Gasteiger partial charge < -0.3 is 10.3 Å². The van der Waals surface area contributed by atoms with Gasteiger partial charge in [0.05, 0.1) is 16.8 Å². The number of rotatable bonds is 5. The molecular weight excluding hydrogens is 271 g/mol. The van der Waals surface area contributed by atoms with Gasteiger partial charge in [0.25, 0.3) is 5.91 Å². The first-order chi connectivity index (χ1) is 9.36. The summed E-state index contributed by atoms with van der Waals surface area (Å²) in [6, 6.07) is 3.43. The Labute approximate surface area is 115 Å². The Kier molecular flexibility index (Phi) is 5.38. The molecule has 0 saturated heterocycles. The first-order valence-corrected chi connectivity index (χ1v) is 6.32. The Balaban J connectivity index is 3.28. The van der Waals surface area contributed by atoms with E-state index in [1.54, 1.807) is 6.92 Å². The molecule has 0 bridgehead atoms. The Bertz CT molecular complexity index is 474. The third-order valence-electron chi connectivity index (χ3n) is 2.91. The van der Waals surface area contributed by atoms with Crippen LogP contribution in [-0.4, -0.2) is 23.9 Å². The van der Waals surface area contributed by atoms with Crippen molar-refractivity contribution < 1.29 is 18.0 Å². The zero-order chi connectivity index (χ0) is 15.3. The number of amides is 1. The standard InChI is InChI=1S/C13H18F3N3O/c1-3-8-19(4-2)12(20)9-6-5-7-10(11(9)18-17)13(14,15)16/h5-7,18H,3-4,8,17H2,1-2H3. The van der Waals surface area contributed by atoms with E-state index in [-0.39, 0.29) is 11.3 Å². The van der Waals surface area contributed by atoms with Crippen LogP contribution in [0.5, 0.6) is 0 Å². The summed E-state index contributed by atoms with van der Waals surface area (Å²) >= 11 is 0. The second-order valence-corrected chi connectivity index (χ2v) is 4.26. The Hall–Kier alpha value is -1.76. The number of alkyl halides is 3. The number of benzene rings is 1. The minimum atomic E-state index is -4.57. The van der Waals surface area contributed by atoms with Crippen molar-refractivity contribution in [3.63, 3.8) is 0 Å². The number of nitrogens with two attached hydrogens (primary N) is 1. The molecule has 1 aromatic carbocycles. The second kappa shape index (κ2) is 6.60. The van der Waals surface area contributed by atoms with E-state index in [4.69, 9.17) is 5.84 Å². The molecule has 0 aliphatic heterocycles. The molecule has 20 heavy (non-hydrogen) atoms. The van der Waals surface area contributed by atoms with Gasteiger partial charge in [-0.25, -0.2) is 0 Å². The van der Waals surface area contributed by atoms with E-state index in [2.05, 4.69) is 0 Å². The number of hydrogen-bond acceptors (Lipinski definition) is 3. The number of nitrogen functional groups attached to an aromatic ring is 1. The average Bonchev–Trinajstić information content (AvgIpc) is 2.42. The number of hydrazine groups is 1. The van der Waals surface area contributed by atoms with Crippen LogP contribution < -0.4 is 11.3 Å². The van der Waals surface area contributed by atoms with Crippen LogP contribution in [0.25, 0.3) is 0 Å². The maximum Gasteiger partial charge on any atom is 0.418 e. The van der Waals surface area contributed by atoms with Crippen LogP contribution in [0, 0.1) is 0 Å². The molecule has 0 aliphatic rings. The molecule has 1 rings (SSSR count). The summed E-state index contributed by atoms with van der Waals surface area (Å²) in [7, 11) is 0. The van der Waals surface area contributed by atoms with Crippen LogP contribution in [-0.2, 0) is 6.18 Å². The van der Waals surface area contributed by atoms with Crippen LogP contribution in [0.4, 0.5) is 18.9 Å². The van der Waals surface area contributed by atoms with Crippen molar-refractivity contribution in [3.8, 4) is 0 Å². The van der Waals surface area contributed by atoms with Gasteiger partial charge in [-0.15, -0.1) is 0 Å². The molecule has 0 aromatic heterocycles. The molecule has 0 spiro atoms. The van der Waals surface area contributed by atoms with E-state index in [1.807, 2.05) is 12.3 Å². The van der Waals surface area contributed by atoms with E-state index in [0.717, 1.165) is 12.5 Å².